The smallest absolute Gasteiger partial charge is 0.265 e. The minimum atomic E-state index is -0.0134. The Kier molecular flexibility index (Phi) is 8.48. The zero-order valence-electron chi connectivity index (χ0n) is 11.2. The lowest BCUT2D eigenvalue weighted by molar-refractivity contribution is 0.0801. The van der Waals surface area contributed by atoms with Crippen molar-refractivity contribution in [3.63, 3.8) is 0 Å². The molecule has 2 aromatic heterocycles. The third-order valence-corrected chi connectivity index (χ3v) is 3.49. The Morgan fingerprint density at radius 3 is 2.85 bits per heavy atom. The number of hydrogen-bond donors (Lipinski definition) is 1. The van der Waals surface area contributed by atoms with Gasteiger partial charge in [-0.25, -0.2) is 4.98 Å². The van der Waals surface area contributed by atoms with Crippen molar-refractivity contribution >= 4 is 42.1 Å². The first-order valence-electron chi connectivity index (χ1n) is 5.62. The fraction of sp³-hybridized carbons (Fsp3) is 0.333. The fourth-order valence-corrected chi connectivity index (χ4v) is 2.34. The normalized spacial score (nSPS) is 9.50. The highest BCUT2D eigenvalue weighted by atomic mass is 35.5. The van der Waals surface area contributed by atoms with Gasteiger partial charge >= 0.3 is 0 Å². The lowest BCUT2D eigenvalue weighted by Crippen LogP contribution is -2.32. The molecule has 0 bridgehead atoms. The first-order chi connectivity index (χ1) is 8.72. The van der Waals surface area contributed by atoms with Crippen LogP contribution in [-0.2, 0) is 0 Å². The van der Waals surface area contributed by atoms with E-state index in [1.54, 1.807) is 30.5 Å². The summed E-state index contributed by atoms with van der Waals surface area (Å²) in [6, 6.07) is 3.63. The van der Waals surface area contributed by atoms with Gasteiger partial charge in [0, 0.05) is 20.1 Å². The molecule has 0 radical (unpaired) electrons. The molecule has 2 aromatic rings. The molecule has 0 saturated carbocycles. The molecule has 0 aliphatic rings. The summed E-state index contributed by atoms with van der Waals surface area (Å²) in [7, 11) is 3.64. The number of thiazole rings is 1. The second kappa shape index (κ2) is 8.97. The van der Waals surface area contributed by atoms with Crippen LogP contribution >= 0.6 is 36.2 Å². The molecule has 0 atom stereocenters. The van der Waals surface area contributed by atoms with Gasteiger partial charge in [-0.15, -0.1) is 36.2 Å². The number of amides is 1. The molecule has 2 rings (SSSR count). The van der Waals surface area contributed by atoms with Gasteiger partial charge in [0.1, 0.15) is 4.88 Å². The Hall–Kier alpha value is -1.08. The third kappa shape index (κ3) is 4.49. The van der Waals surface area contributed by atoms with Crippen molar-refractivity contribution in [2.75, 3.05) is 27.2 Å². The van der Waals surface area contributed by atoms with E-state index in [0.29, 0.717) is 17.2 Å². The molecule has 1 amide bonds. The Morgan fingerprint density at radius 1 is 1.50 bits per heavy atom. The number of hydrogen-bond acceptors (Lipinski definition) is 5. The van der Waals surface area contributed by atoms with E-state index in [4.69, 9.17) is 4.42 Å². The fourth-order valence-electron chi connectivity index (χ4n) is 1.46. The Morgan fingerprint density at radius 2 is 2.25 bits per heavy atom. The van der Waals surface area contributed by atoms with E-state index in [9.17, 15) is 4.79 Å². The van der Waals surface area contributed by atoms with Gasteiger partial charge in [-0.3, -0.25) is 4.79 Å². The summed E-state index contributed by atoms with van der Waals surface area (Å²) < 4.78 is 5.25. The van der Waals surface area contributed by atoms with Crippen molar-refractivity contribution < 1.29 is 9.21 Å². The van der Waals surface area contributed by atoms with E-state index in [-0.39, 0.29) is 30.7 Å². The number of furan rings is 1. The van der Waals surface area contributed by atoms with Gasteiger partial charge in [-0.05, 0) is 19.2 Å². The van der Waals surface area contributed by atoms with E-state index in [0.717, 1.165) is 11.6 Å². The Balaban J connectivity index is 0.00000180. The van der Waals surface area contributed by atoms with Gasteiger partial charge < -0.3 is 14.6 Å². The minimum absolute atomic E-state index is 0. The number of carbonyl (C=O) groups excluding carboxylic acids is 1. The van der Waals surface area contributed by atoms with Crippen LogP contribution < -0.4 is 5.32 Å². The van der Waals surface area contributed by atoms with Crippen LogP contribution in [0, 0.1) is 0 Å². The number of carbonyl (C=O) groups is 1. The summed E-state index contributed by atoms with van der Waals surface area (Å²) >= 11 is 1.34. The third-order valence-electron chi connectivity index (χ3n) is 2.49. The van der Waals surface area contributed by atoms with Gasteiger partial charge in [0.05, 0.1) is 12.5 Å². The molecule has 5 nitrogen and oxygen atoms in total. The molecule has 0 spiro atoms. The van der Waals surface area contributed by atoms with Crippen molar-refractivity contribution in [2.45, 2.75) is 0 Å². The molecule has 0 aliphatic carbocycles. The molecule has 0 fully saturated rings. The van der Waals surface area contributed by atoms with Gasteiger partial charge in [0.25, 0.3) is 5.91 Å². The van der Waals surface area contributed by atoms with E-state index >= 15 is 0 Å². The second-order valence-corrected chi connectivity index (χ2v) is 4.87. The van der Waals surface area contributed by atoms with Crippen LogP contribution in [0.3, 0.4) is 0 Å². The molecule has 112 valence electrons. The highest BCUT2D eigenvalue weighted by molar-refractivity contribution is 7.16. The molecule has 0 aliphatic heterocycles. The molecule has 0 saturated heterocycles. The van der Waals surface area contributed by atoms with Crippen LogP contribution in [0.4, 0.5) is 0 Å². The quantitative estimate of drug-likeness (QED) is 0.910. The average molecular weight is 338 g/mol. The maximum Gasteiger partial charge on any atom is 0.265 e. The van der Waals surface area contributed by atoms with Gasteiger partial charge in [0.15, 0.2) is 10.8 Å². The first-order valence-corrected chi connectivity index (χ1v) is 6.44. The van der Waals surface area contributed by atoms with Crippen molar-refractivity contribution in [3.8, 4) is 10.8 Å². The van der Waals surface area contributed by atoms with E-state index < -0.39 is 0 Å². The Labute approximate surface area is 134 Å². The van der Waals surface area contributed by atoms with Crippen LogP contribution in [0.25, 0.3) is 10.8 Å². The summed E-state index contributed by atoms with van der Waals surface area (Å²) in [5.41, 5.74) is 0. The summed E-state index contributed by atoms with van der Waals surface area (Å²) in [6.07, 6.45) is 3.19. The molecule has 20 heavy (non-hydrogen) atoms. The van der Waals surface area contributed by atoms with Crippen LogP contribution in [0.15, 0.2) is 29.0 Å². The van der Waals surface area contributed by atoms with E-state index in [1.807, 2.05) is 13.1 Å². The van der Waals surface area contributed by atoms with Crippen LogP contribution in [0.5, 0.6) is 0 Å². The minimum Gasteiger partial charge on any atom is -0.462 e. The highest BCUT2D eigenvalue weighted by Gasteiger charge is 2.16. The number of halogens is 2. The van der Waals surface area contributed by atoms with Gasteiger partial charge in [-0.2, -0.15) is 0 Å². The maximum atomic E-state index is 12.1. The maximum absolute atomic E-state index is 12.1. The summed E-state index contributed by atoms with van der Waals surface area (Å²) in [4.78, 5) is 18.6. The van der Waals surface area contributed by atoms with Crippen LogP contribution in [-0.4, -0.2) is 43.0 Å². The number of nitrogens with zero attached hydrogens (tertiary/aromatic N) is 2. The molecular weight excluding hydrogens is 321 g/mol. The van der Waals surface area contributed by atoms with Crippen LogP contribution in [0.1, 0.15) is 9.67 Å². The lowest BCUT2D eigenvalue weighted by atomic mass is 10.4. The van der Waals surface area contributed by atoms with Crippen molar-refractivity contribution in [3.05, 3.63) is 29.5 Å². The number of likely N-dealkylation sites (N-methyl/N-ethyl adjacent to an activating group) is 2. The van der Waals surface area contributed by atoms with Gasteiger partial charge in [0.2, 0.25) is 0 Å². The van der Waals surface area contributed by atoms with Crippen LogP contribution in [0.2, 0.25) is 0 Å². The lowest BCUT2D eigenvalue weighted by Gasteiger charge is -2.15. The molecular formula is C12H17Cl2N3O2S. The number of nitrogens with one attached hydrogen (secondary N) is 1. The molecule has 8 heteroatoms. The van der Waals surface area contributed by atoms with E-state index in [2.05, 4.69) is 10.3 Å². The molecule has 1 N–H and O–H groups in total. The molecule has 0 unspecified atom stereocenters. The zero-order chi connectivity index (χ0) is 13.0. The first kappa shape index (κ1) is 18.9. The average Bonchev–Trinajstić information content (AvgIpc) is 3.04. The van der Waals surface area contributed by atoms with Crippen molar-refractivity contribution in [1.29, 1.82) is 0 Å². The van der Waals surface area contributed by atoms with E-state index in [1.165, 1.54) is 11.3 Å². The van der Waals surface area contributed by atoms with Crippen molar-refractivity contribution in [2.24, 2.45) is 0 Å². The second-order valence-electron chi connectivity index (χ2n) is 3.84. The predicted octanol–water partition coefficient (Wildman–Crippen LogP) is 2.54. The highest BCUT2D eigenvalue weighted by Crippen LogP contribution is 2.25. The number of rotatable bonds is 5. The van der Waals surface area contributed by atoms with Gasteiger partial charge in [-0.1, -0.05) is 0 Å². The molecule has 2 heterocycles. The topological polar surface area (TPSA) is 58.4 Å². The SMILES string of the molecule is CNCCN(C)C(=O)c1cnc(-c2ccco2)s1.Cl.Cl. The zero-order valence-corrected chi connectivity index (χ0v) is 13.6. The predicted molar refractivity (Wildman–Crippen MR) is 85.2 cm³/mol. The Bertz CT molecular complexity index is 517. The van der Waals surface area contributed by atoms with Crippen molar-refractivity contribution in [1.82, 2.24) is 15.2 Å². The standard InChI is InChI=1S/C12H15N3O2S.2ClH/c1-13-5-6-15(2)12(16)10-8-14-11(18-10)9-4-3-7-17-9;;/h3-4,7-8,13H,5-6H2,1-2H3;2*1H. The summed E-state index contributed by atoms with van der Waals surface area (Å²) in [5, 5.41) is 3.74. The molecule has 0 aromatic carbocycles. The number of aromatic nitrogens is 1. The largest absolute Gasteiger partial charge is 0.462 e. The summed E-state index contributed by atoms with van der Waals surface area (Å²) in [6.45, 7) is 1.44. The monoisotopic (exact) mass is 337 g/mol. The summed E-state index contributed by atoms with van der Waals surface area (Å²) in [5.74, 6) is 0.678.